The minimum Gasteiger partial charge on any atom is -0.285 e. The van der Waals surface area contributed by atoms with Crippen molar-refractivity contribution in [2.45, 2.75) is 12.2 Å². The van der Waals surface area contributed by atoms with Crippen LogP contribution in [0.2, 0.25) is 0 Å². The second kappa shape index (κ2) is 4.31. The maximum Gasteiger partial charge on any atom is 0.524 e. The summed E-state index contributed by atoms with van der Waals surface area (Å²) < 4.78 is 10.5. The Morgan fingerprint density at radius 3 is 2.50 bits per heavy atom. The van der Waals surface area contributed by atoms with Gasteiger partial charge in [0, 0.05) is 6.42 Å². The highest BCUT2D eigenvalue weighted by Gasteiger charge is 2.23. The first kappa shape index (κ1) is 9.33. The fraction of sp³-hybridized carbons (Fsp3) is 0.250. The Labute approximate surface area is 72.1 Å². The molecule has 0 saturated carbocycles. The molecule has 0 amide bonds. The first-order valence-corrected chi connectivity index (χ1v) is 4.93. The monoisotopic (exact) mass is 184 g/mol. The molecule has 64 valence electrons. The molecule has 1 unspecified atom stereocenters. The van der Waals surface area contributed by atoms with E-state index in [4.69, 9.17) is 10.6 Å². The van der Waals surface area contributed by atoms with Gasteiger partial charge in [-0.25, -0.2) is 0 Å². The third-order valence-electron chi connectivity index (χ3n) is 1.57. The maximum absolute atomic E-state index is 10.5. The van der Waals surface area contributed by atoms with Crippen LogP contribution < -0.4 is 5.73 Å². The van der Waals surface area contributed by atoms with Gasteiger partial charge in [-0.1, -0.05) is 30.3 Å². The van der Waals surface area contributed by atoms with Crippen LogP contribution in [0, 0.1) is 0 Å². The van der Waals surface area contributed by atoms with Crippen LogP contribution in [0.25, 0.3) is 0 Å². The van der Waals surface area contributed by atoms with Crippen LogP contribution in [0.1, 0.15) is 5.56 Å². The molecule has 0 aliphatic rings. The van der Waals surface area contributed by atoms with Gasteiger partial charge in [-0.05, 0) is 10.1 Å². The lowest BCUT2D eigenvalue weighted by atomic mass is 10.2. The molecular formula is C8H11NO2P+. The summed E-state index contributed by atoms with van der Waals surface area (Å²) in [6.45, 7) is 0. The SMILES string of the molecule is N[C@H](Cc1ccccc1)[P+](=O)O. The van der Waals surface area contributed by atoms with Crippen LogP contribution in [0.15, 0.2) is 30.3 Å². The van der Waals surface area contributed by atoms with Crippen molar-refractivity contribution in [3.05, 3.63) is 35.9 Å². The number of hydrogen-bond acceptors (Lipinski definition) is 2. The number of rotatable bonds is 3. The standard InChI is InChI=1S/C8H10NO2P/c9-8(12(10)11)6-7-4-2-1-3-5-7/h1-5,8H,6,9H2/p+1/t8-/m0/s1. The van der Waals surface area contributed by atoms with Crippen molar-refractivity contribution >= 4 is 8.03 Å². The molecule has 0 saturated heterocycles. The Bertz CT molecular complexity index is 263. The molecule has 0 aliphatic heterocycles. The fourth-order valence-corrected chi connectivity index (χ4v) is 1.30. The first-order valence-electron chi connectivity index (χ1n) is 3.65. The highest BCUT2D eigenvalue weighted by atomic mass is 31.1. The lowest BCUT2D eigenvalue weighted by molar-refractivity contribution is 0.488. The van der Waals surface area contributed by atoms with Crippen molar-refractivity contribution in [1.29, 1.82) is 0 Å². The Hall–Kier alpha value is -0.760. The van der Waals surface area contributed by atoms with Gasteiger partial charge in [0.15, 0.2) is 0 Å². The summed E-state index contributed by atoms with van der Waals surface area (Å²) in [7, 11) is -2.26. The van der Waals surface area contributed by atoms with E-state index in [1.807, 2.05) is 30.3 Å². The van der Waals surface area contributed by atoms with Crippen LogP contribution in [0.5, 0.6) is 0 Å². The molecule has 0 bridgehead atoms. The maximum atomic E-state index is 10.5. The van der Waals surface area contributed by atoms with Crippen LogP contribution >= 0.6 is 8.03 Å². The van der Waals surface area contributed by atoms with E-state index in [1.165, 1.54) is 0 Å². The molecule has 1 aromatic carbocycles. The van der Waals surface area contributed by atoms with E-state index in [0.717, 1.165) is 5.56 Å². The molecule has 0 fully saturated rings. The number of hydrogen-bond donors (Lipinski definition) is 2. The van der Waals surface area contributed by atoms with Gasteiger partial charge in [-0.15, -0.1) is 0 Å². The average molecular weight is 184 g/mol. The molecule has 0 spiro atoms. The number of nitrogens with two attached hydrogens (primary N) is 1. The minimum atomic E-state index is -2.26. The normalized spacial score (nSPS) is 14.0. The summed E-state index contributed by atoms with van der Waals surface area (Å²) in [6.07, 6.45) is 0.451. The van der Waals surface area contributed by atoms with Crippen molar-refractivity contribution < 1.29 is 9.46 Å². The molecule has 12 heavy (non-hydrogen) atoms. The lowest BCUT2D eigenvalue weighted by Gasteiger charge is -1.97. The fourth-order valence-electron chi connectivity index (χ4n) is 0.934. The van der Waals surface area contributed by atoms with Crippen molar-refractivity contribution in [2.75, 3.05) is 0 Å². The summed E-state index contributed by atoms with van der Waals surface area (Å²) in [5.74, 6) is -0.651. The smallest absolute Gasteiger partial charge is 0.285 e. The second-order valence-electron chi connectivity index (χ2n) is 2.56. The Balaban J connectivity index is 2.58. The van der Waals surface area contributed by atoms with E-state index >= 15 is 0 Å². The van der Waals surface area contributed by atoms with E-state index in [9.17, 15) is 4.57 Å². The summed E-state index contributed by atoms with van der Waals surface area (Å²) in [5.41, 5.74) is 6.40. The van der Waals surface area contributed by atoms with E-state index < -0.39 is 13.8 Å². The van der Waals surface area contributed by atoms with Crippen molar-refractivity contribution in [2.24, 2.45) is 5.73 Å². The van der Waals surface area contributed by atoms with E-state index in [0.29, 0.717) is 6.42 Å². The van der Waals surface area contributed by atoms with Crippen LogP contribution in [0.3, 0.4) is 0 Å². The number of benzene rings is 1. The summed E-state index contributed by atoms with van der Waals surface area (Å²) in [5, 5.41) is 0. The first-order chi connectivity index (χ1) is 5.70. The third-order valence-corrected chi connectivity index (χ3v) is 2.32. The third kappa shape index (κ3) is 2.70. The largest absolute Gasteiger partial charge is 0.524 e. The van der Waals surface area contributed by atoms with Crippen molar-refractivity contribution in [1.82, 2.24) is 0 Å². The summed E-state index contributed by atoms with van der Waals surface area (Å²) in [4.78, 5) is 8.67. The molecule has 4 heteroatoms. The average Bonchev–Trinajstić information content (AvgIpc) is 2.06. The molecule has 0 heterocycles. The van der Waals surface area contributed by atoms with Gasteiger partial charge in [-0.3, -0.25) is 5.73 Å². The zero-order valence-corrected chi connectivity index (χ0v) is 7.45. The quantitative estimate of drug-likeness (QED) is 0.695. The Morgan fingerprint density at radius 2 is 2.00 bits per heavy atom. The van der Waals surface area contributed by atoms with Gasteiger partial charge >= 0.3 is 8.03 Å². The zero-order valence-electron chi connectivity index (χ0n) is 6.55. The molecule has 3 N–H and O–H groups in total. The van der Waals surface area contributed by atoms with E-state index in [-0.39, 0.29) is 0 Å². The van der Waals surface area contributed by atoms with Gasteiger partial charge in [0.25, 0.3) is 0 Å². The topological polar surface area (TPSA) is 63.3 Å². The van der Waals surface area contributed by atoms with Crippen molar-refractivity contribution in [3.63, 3.8) is 0 Å². The van der Waals surface area contributed by atoms with Crippen molar-refractivity contribution in [3.8, 4) is 0 Å². The van der Waals surface area contributed by atoms with Gasteiger partial charge in [0.2, 0.25) is 5.78 Å². The molecule has 1 rings (SSSR count). The molecule has 0 aromatic heterocycles. The molecule has 2 atom stereocenters. The van der Waals surface area contributed by atoms with E-state index in [1.54, 1.807) is 0 Å². The van der Waals surface area contributed by atoms with Crippen LogP contribution in [-0.4, -0.2) is 10.7 Å². The van der Waals surface area contributed by atoms with E-state index in [2.05, 4.69) is 0 Å². The lowest BCUT2D eigenvalue weighted by Crippen LogP contribution is -2.17. The van der Waals surface area contributed by atoms with Gasteiger partial charge in [0.05, 0.1) is 0 Å². The second-order valence-corrected chi connectivity index (χ2v) is 3.83. The molecular weight excluding hydrogens is 173 g/mol. The Kier molecular flexibility index (Phi) is 3.35. The molecule has 0 radical (unpaired) electrons. The van der Waals surface area contributed by atoms with Gasteiger partial charge < -0.3 is 0 Å². The molecule has 0 aliphatic carbocycles. The van der Waals surface area contributed by atoms with Gasteiger partial charge in [-0.2, -0.15) is 4.89 Å². The molecule has 3 nitrogen and oxygen atoms in total. The summed E-state index contributed by atoms with van der Waals surface area (Å²) >= 11 is 0. The summed E-state index contributed by atoms with van der Waals surface area (Å²) in [6, 6.07) is 9.43. The zero-order chi connectivity index (χ0) is 8.97. The van der Waals surface area contributed by atoms with Gasteiger partial charge in [0.1, 0.15) is 0 Å². The Morgan fingerprint density at radius 1 is 1.42 bits per heavy atom. The predicted molar refractivity (Wildman–Crippen MR) is 47.9 cm³/mol. The highest BCUT2D eigenvalue weighted by Crippen LogP contribution is 2.20. The molecule has 1 aromatic rings. The predicted octanol–water partition coefficient (Wildman–Crippen LogP) is 1.25. The van der Waals surface area contributed by atoms with Crippen LogP contribution in [0.4, 0.5) is 0 Å². The highest BCUT2D eigenvalue weighted by molar-refractivity contribution is 7.38. The minimum absolute atomic E-state index is 0.451. The van der Waals surface area contributed by atoms with Crippen LogP contribution in [-0.2, 0) is 11.0 Å².